The maximum Gasteiger partial charge on any atom is 0.314 e. The zero-order valence-corrected chi connectivity index (χ0v) is 11.5. The molecule has 0 saturated heterocycles. The molecule has 0 fully saturated rings. The first-order valence-corrected chi connectivity index (χ1v) is 6.39. The second kappa shape index (κ2) is 6.38. The molecule has 0 aliphatic carbocycles. The lowest BCUT2D eigenvalue weighted by Gasteiger charge is -2.13. The third kappa shape index (κ3) is 3.22. The number of nitrogens with zero attached hydrogens (tertiary/aromatic N) is 1. The summed E-state index contributed by atoms with van der Waals surface area (Å²) in [6.07, 6.45) is 1.92. The Hall–Kier alpha value is -1.58. The van der Waals surface area contributed by atoms with Gasteiger partial charge in [-0.05, 0) is 24.8 Å². The van der Waals surface area contributed by atoms with Crippen LogP contribution in [0, 0.1) is 17.0 Å². The Bertz CT molecular complexity index is 427. The Morgan fingerprint density at radius 3 is 2.56 bits per heavy atom. The molecule has 0 unspecified atom stereocenters. The van der Waals surface area contributed by atoms with Crippen LogP contribution in [-0.4, -0.2) is 11.5 Å². The van der Waals surface area contributed by atoms with E-state index >= 15 is 0 Å². The predicted molar refractivity (Wildman–Crippen MR) is 72.3 cm³/mol. The number of ether oxygens (including phenoxy) is 1. The predicted octanol–water partition coefficient (Wildman–Crippen LogP) is 4.21. The first-order valence-electron chi connectivity index (χ1n) is 6.39. The quantitative estimate of drug-likeness (QED) is 0.432. The van der Waals surface area contributed by atoms with Gasteiger partial charge in [-0.3, -0.25) is 10.1 Å². The molecule has 100 valence electrons. The third-order valence-electron chi connectivity index (χ3n) is 2.91. The van der Waals surface area contributed by atoms with Crippen molar-refractivity contribution in [3.05, 3.63) is 33.4 Å². The minimum absolute atomic E-state index is 0.111. The molecule has 18 heavy (non-hydrogen) atoms. The molecular formula is C14H21NO3. The van der Waals surface area contributed by atoms with Gasteiger partial charge in [0.25, 0.3) is 0 Å². The Kier molecular flexibility index (Phi) is 5.13. The van der Waals surface area contributed by atoms with Crippen LogP contribution in [0.25, 0.3) is 0 Å². The van der Waals surface area contributed by atoms with Crippen molar-refractivity contribution in [2.24, 2.45) is 0 Å². The van der Waals surface area contributed by atoms with E-state index in [0.29, 0.717) is 12.4 Å². The van der Waals surface area contributed by atoms with Gasteiger partial charge in [0, 0.05) is 5.56 Å². The number of nitro groups is 1. The molecule has 0 heterocycles. The Labute approximate surface area is 108 Å². The molecule has 1 aromatic carbocycles. The van der Waals surface area contributed by atoms with Crippen LogP contribution >= 0.6 is 0 Å². The Morgan fingerprint density at radius 1 is 1.39 bits per heavy atom. The van der Waals surface area contributed by atoms with Gasteiger partial charge in [0.2, 0.25) is 0 Å². The largest absolute Gasteiger partial charge is 0.487 e. The average Bonchev–Trinajstić information content (AvgIpc) is 2.30. The summed E-state index contributed by atoms with van der Waals surface area (Å²) in [5.74, 6) is 0.541. The van der Waals surface area contributed by atoms with Crippen molar-refractivity contribution in [2.45, 2.75) is 46.5 Å². The fourth-order valence-electron chi connectivity index (χ4n) is 1.84. The minimum Gasteiger partial charge on any atom is -0.487 e. The van der Waals surface area contributed by atoms with Crippen molar-refractivity contribution < 1.29 is 9.66 Å². The van der Waals surface area contributed by atoms with E-state index in [-0.39, 0.29) is 16.5 Å². The van der Waals surface area contributed by atoms with Gasteiger partial charge in [-0.15, -0.1) is 0 Å². The summed E-state index contributed by atoms with van der Waals surface area (Å²) >= 11 is 0. The zero-order valence-electron chi connectivity index (χ0n) is 11.5. The van der Waals surface area contributed by atoms with Crippen molar-refractivity contribution in [1.82, 2.24) is 0 Å². The molecule has 1 rings (SSSR count). The normalized spacial score (nSPS) is 10.7. The second-order valence-corrected chi connectivity index (χ2v) is 4.76. The lowest BCUT2D eigenvalue weighted by atomic mass is 9.98. The van der Waals surface area contributed by atoms with Gasteiger partial charge in [0.1, 0.15) is 0 Å². The molecule has 4 nitrogen and oxygen atoms in total. The molecular weight excluding hydrogens is 230 g/mol. The molecule has 0 radical (unpaired) electrons. The maximum atomic E-state index is 11.3. The van der Waals surface area contributed by atoms with Crippen molar-refractivity contribution in [1.29, 1.82) is 0 Å². The summed E-state index contributed by atoms with van der Waals surface area (Å²) in [6.45, 7) is 8.34. The van der Waals surface area contributed by atoms with Crippen LogP contribution < -0.4 is 4.74 Å². The molecule has 0 saturated carbocycles. The summed E-state index contributed by atoms with van der Waals surface area (Å²) < 4.78 is 5.62. The number of benzene rings is 1. The van der Waals surface area contributed by atoms with E-state index in [1.54, 1.807) is 0 Å². The highest BCUT2D eigenvalue weighted by atomic mass is 16.6. The van der Waals surface area contributed by atoms with Crippen LogP contribution in [0.1, 0.15) is 50.7 Å². The second-order valence-electron chi connectivity index (χ2n) is 4.76. The molecule has 0 aromatic heterocycles. The molecule has 0 spiro atoms. The van der Waals surface area contributed by atoms with E-state index in [0.717, 1.165) is 24.0 Å². The molecule has 0 atom stereocenters. The Morgan fingerprint density at radius 2 is 2.06 bits per heavy atom. The van der Waals surface area contributed by atoms with E-state index in [9.17, 15) is 10.1 Å². The van der Waals surface area contributed by atoms with E-state index in [1.165, 1.54) is 0 Å². The van der Waals surface area contributed by atoms with Crippen molar-refractivity contribution >= 4 is 5.69 Å². The summed E-state index contributed by atoms with van der Waals surface area (Å²) in [4.78, 5) is 10.9. The van der Waals surface area contributed by atoms with Crippen molar-refractivity contribution in [3.8, 4) is 5.75 Å². The summed E-state index contributed by atoms with van der Waals surface area (Å²) in [6, 6.07) is 3.72. The van der Waals surface area contributed by atoms with E-state index in [2.05, 4.69) is 6.92 Å². The summed E-state index contributed by atoms with van der Waals surface area (Å²) in [5, 5.41) is 11.3. The summed E-state index contributed by atoms with van der Waals surface area (Å²) in [7, 11) is 0. The highest BCUT2D eigenvalue weighted by molar-refractivity contribution is 5.57. The molecule has 0 bridgehead atoms. The molecule has 0 aliphatic heterocycles. The van der Waals surface area contributed by atoms with Gasteiger partial charge < -0.3 is 4.74 Å². The molecule has 0 amide bonds. The molecule has 0 N–H and O–H groups in total. The fraction of sp³-hybridized carbons (Fsp3) is 0.571. The lowest BCUT2D eigenvalue weighted by Crippen LogP contribution is -2.05. The third-order valence-corrected chi connectivity index (χ3v) is 2.91. The van der Waals surface area contributed by atoms with E-state index < -0.39 is 0 Å². The SMILES string of the molecule is CCCCOc1c(C)ccc(C(C)C)c1[N+](=O)[O-]. The number of aryl methyl sites for hydroxylation is 1. The lowest BCUT2D eigenvalue weighted by molar-refractivity contribution is -0.386. The minimum atomic E-state index is -0.330. The monoisotopic (exact) mass is 251 g/mol. The number of hydrogen-bond acceptors (Lipinski definition) is 3. The first-order chi connectivity index (χ1) is 8.49. The van der Waals surface area contributed by atoms with Crippen LogP contribution in [0.5, 0.6) is 5.75 Å². The number of hydrogen-bond donors (Lipinski definition) is 0. The fourth-order valence-corrected chi connectivity index (χ4v) is 1.84. The Balaban J connectivity index is 3.19. The smallest absolute Gasteiger partial charge is 0.314 e. The van der Waals surface area contributed by atoms with Crippen LogP contribution in [0.4, 0.5) is 5.69 Å². The number of rotatable bonds is 6. The van der Waals surface area contributed by atoms with E-state index in [1.807, 2.05) is 32.9 Å². The van der Waals surface area contributed by atoms with Gasteiger partial charge in [0.15, 0.2) is 5.75 Å². The molecule has 0 aliphatic rings. The van der Waals surface area contributed by atoms with Gasteiger partial charge in [-0.1, -0.05) is 39.3 Å². The first kappa shape index (κ1) is 14.5. The topological polar surface area (TPSA) is 52.4 Å². The highest BCUT2D eigenvalue weighted by Gasteiger charge is 2.24. The van der Waals surface area contributed by atoms with Crippen molar-refractivity contribution in [2.75, 3.05) is 6.61 Å². The van der Waals surface area contributed by atoms with Crippen LogP contribution in [0.15, 0.2) is 12.1 Å². The highest BCUT2D eigenvalue weighted by Crippen LogP contribution is 2.37. The molecule has 1 aromatic rings. The van der Waals surface area contributed by atoms with Crippen LogP contribution in [-0.2, 0) is 0 Å². The van der Waals surface area contributed by atoms with Crippen LogP contribution in [0.2, 0.25) is 0 Å². The van der Waals surface area contributed by atoms with Gasteiger partial charge in [0.05, 0.1) is 11.5 Å². The van der Waals surface area contributed by atoms with Crippen molar-refractivity contribution in [3.63, 3.8) is 0 Å². The van der Waals surface area contributed by atoms with E-state index in [4.69, 9.17) is 4.74 Å². The zero-order chi connectivity index (χ0) is 13.7. The maximum absolute atomic E-state index is 11.3. The van der Waals surface area contributed by atoms with Gasteiger partial charge in [-0.25, -0.2) is 0 Å². The standard InChI is InChI=1S/C14H21NO3/c1-5-6-9-18-14-11(4)7-8-12(10(2)3)13(14)15(16)17/h7-8,10H,5-6,9H2,1-4H3. The summed E-state index contributed by atoms with van der Waals surface area (Å²) in [5.41, 5.74) is 1.68. The van der Waals surface area contributed by atoms with Gasteiger partial charge in [-0.2, -0.15) is 0 Å². The number of nitro benzene ring substituents is 1. The van der Waals surface area contributed by atoms with Crippen LogP contribution in [0.3, 0.4) is 0 Å². The molecule has 4 heteroatoms. The van der Waals surface area contributed by atoms with Gasteiger partial charge >= 0.3 is 5.69 Å². The number of unbranched alkanes of at least 4 members (excludes halogenated alkanes) is 1. The average molecular weight is 251 g/mol.